The highest BCUT2D eigenvalue weighted by molar-refractivity contribution is 5.76. The van der Waals surface area contributed by atoms with Crippen LogP contribution in [0.3, 0.4) is 0 Å². The van der Waals surface area contributed by atoms with E-state index in [1.54, 1.807) is 18.7 Å². The number of fused-ring (bicyclic) bond motifs is 1. The monoisotopic (exact) mass is 400 g/mol. The average Bonchev–Trinajstić information content (AvgIpc) is 3.07. The number of halogens is 3. The SMILES string of the molecule is Cc1nc2nc(C(F)(F)F)nn2c(C)c1CCC(=O)N1CCN(CCO)CC1. The summed E-state index contributed by atoms with van der Waals surface area (Å²) in [7, 11) is 0. The first-order chi connectivity index (χ1) is 13.2. The van der Waals surface area contributed by atoms with E-state index in [-0.39, 0.29) is 24.7 Å². The highest BCUT2D eigenvalue weighted by Crippen LogP contribution is 2.27. The molecule has 3 heterocycles. The molecule has 28 heavy (non-hydrogen) atoms. The summed E-state index contributed by atoms with van der Waals surface area (Å²) in [4.78, 5) is 24.0. The number of amides is 1. The van der Waals surface area contributed by atoms with Gasteiger partial charge in [-0.1, -0.05) is 0 Å². The molecule has 0 unspecified atom stereocenters. The van der Waals surface area contributed by atoms with Crippen LogP contribution in [0.4, 0.5) is 13.2 Å². The number of aromatic nitrogens is 4. The van der Waals surface area contributed by atoms with E-state index in [4.69, 9.17) is 5.11 Å². The minimum Gasteiger partial charge on any atom is -0.395 e. The lowest BCUT2D eigenvalue weighted by atomic mass is 10.1. The largest absolute Gasteiger partial charge is 0.453 e. The molecule has 1 aliphatic rings. The lowest BCUT2D eigenvalue weighted by Crippen LogP contribution is -2.49. The number of nitrogens with zero attached hydrogens (tertiary/aromatic N) is 6. The van der Waals surface area contributed by atoms with Crippen LogP contribution >= 0.6 is 0 Å². The summed E-state index contributed by atoms with van der Waals surface area (Å²) >= 11 is 0. The summed E-state index contributed by atoms with van der Waals surface area (Å²) in [6, 6.07) is 0. The standard InChI is InChI=1S/C17H23F3N6O2/c1-11-13(3-4-14(28)25-7-5-24(6-8-25)9-10-27)12(2)26-16(21-11)22-15(23-26)17(18,19)20/h27H,3-10H2,1-2H3. The van der Waals surface area contributed by atoms with Gasteiger partial charge < -0.3 is 10.0 Å². The second kappa shape index (κ2) is 8.00. The molecule has 1 amide bonds. The highest BCUT2D eigenvalue weighted by Gasteiger charge is 2.37. The number of piperazine rings is 1. The van der Waals surface area contributed by atoms with Crippen LogP contribution in [0, 0.1) is 13.8 Å². The Bertz CT molecular complexity index is 859. The molecule has 3 rings (SSSR count). The molecule has 0 aliphatic carbocycles. The summed E-state index contributed by atoms with van der Waals surface area (Å²) in [6.07, 6.45) is -4.02. The Morgan fingerprint density at radius 1 is 1.14 bits per heavy atom. The van der Waals surface area contributed by atoms with E-state index in [0.29, 0.717) is 43.0 Å². The number of alkyl halides is 3. The Labute approximate surface area is 160 Å². The number of aryl methyl sites for hydroxylation is 2. The smallest absolute Gasteiger partial charge is 0.395 e. The van der Waals surface area contributed by atoms with E-state index in [0.717, 1.165) is 17.6 Å². The number of rotatable bonds is 5. The molecule has 8 nitrogen and oxygen atoms in total. The molecule has 0 atom stereocenters. The molecule has 1 aliphatic heterocycles. The van der Waals surface area contributed by atoms with Crippen molar-refractivity contribution < 1.29 is 23.1 Å². The van der Waals surface area contributed by atoms with Crippen molar-refractivity contribution in [2.24, 2.45) is 0 Å². The van der Waals surface area contributed by atoms with Crippen LogP contribution in [-0.4, -0.2) is 79.7 Å². The molecule has 2 aromatic rings. The average molecular weight is 400 g/mol. The summed E-state index contributed by atoms with van der Waals surface area (Å²) in [5.74, 6) is -1.33. The molecule has 0 bridgehead atoms. The number of aliphatic hydroxyl groups excluding tert-OH is 1. The Morgan fingerprint density at radius 2 is 1.82 bits per heavy atom. The highest BCUT2D eigenvalue weighted by atomic mass is 19.4. The maximum atomic E-state index is 12.9. The molecule has 1 N–H and O–H groups in total. The molecular formula is C17H23F3N6O2. The van der Waals surface area contributed by atoms with Gasteiger partial charge in [-0.25, -0.2) is 9.50 Å². The summed E-state index contributed by atoms with van der Waals surface area (Å²) in [5, 5.41) is 12.5. The van der Waals surface area contributed by atoms with Gasteiger partial charge in [0.1, 0.15) is 0 Å². The predicted molar refractivity (Wildman–Crippen MR) is 93.7 cm³/mol. The fourth-order valence-electron chi connectivity index (χ4n) is 3.44. The maximum absolute atomic E-state index is 12.9. The first-order valence-corrected chi connectivity index (χ1v) is 9.11. The van der Waals surface area contributed by atoms with Crippen LogP contribution in [0.25, 0.3) is 5.78 Å². The molecule has 0 spiro atoms. The Kier molecular flexibility index (Phi) is 5.84. The molecule has 0 saturated carbocycles. The Hall–Kier alpha value is -2.27. The second-order valence-electron chi connectivity index (χ2n) is 6.85. The van der Waals surface area contributed by atoms with Crippen LogP contribution in [0.5, 0.6) is 0 Å². The van der Waals surface area contributed by atoms with Crippen molar-refractivity contribution in [3.05, 3.63) is 22.8 Å². The van der Waals surface area contributed by atoms with Gasteiger partial charge in [0.15, 0.2) is 0 Å². The molecular weight excluding hydrogens is 377 g/mol. The minimum atomic E-state index is -4.64. The Morgan fingerprint density at radius 3 is 2.43 bits per heavy atom. The van der Waals surface area contributed by atoms with Crippen molar-refractivity contribution in [2.75, 3.05) is 39.3 Å². The van der Waals surface area contributed by atoms with Crippen molar-refractivity contribution in [3.8, 4) is 0 Å². The molecule has 11 heteroatoms. The normalized spacial score (nSPS) is 16.1. The molecule has 0 radical (unpaired) electrons. The number of hydrogen-bond acceptors (Lipinski definition) is 6. The van der Waals surface area contributed by atoms with Crippen LogP contribution in [0.1, 0.15) is 29.2 Å². The van der Waals surface area contributed by atoms with Crippen LogP contribution < -0.4 is 0 Å². The molecule has 1 fully saturated rings. The van der Waals surface area contributed by atoms with Crippen molar-refractivity contribution >= 4 is 11.7 Å². The summed E-state index contributed by atoms with van der Waals surface area (Å²) < 4.78 is 39.7. The fraction of sp³-hybridized carbons (Fsp3) is 0.647. The van der Waals surface area contributed by atoms with Gasteiger partial charge in [0.05, 0.1) is 6.61 Å². The van der Waals surface area contributed by atoms with Gasteiger partial charge >= 0.3 is 6.18 Å². The van der Waals surface area contributed by atoms with E-state index >= 15 is 0 Å². The third-order valence-corrected chi connectivity index (χ3v) is 5.03. The van der Waals surface area contributed by atoms with Gasteiger partial charge in [-0.15, -0.1) is 5.10 Å². The summed E-state index contributed by atoms with van der Waals surface area (Å²) in [6.45, 7) is 6.70. The molecule has 2 aromatic heterocycles. The number of carbonyl (C=O) groups is 1. The molecule has 154 valence electrons. The molecule has 1 saturated heterocycles. The molecule has 0 aromatic carbocycles. The predicted octanol–water partition coefficient (Wildman–Crippen LogP) is 0.829. The summed E-state index contributed by atoms with van der Waals surface area (Å²) in [5.41, 5.74) is 1.76. The van der Waals surface area contributed by atoms with Gasteiger partial charge in [0, 0.05) is 50.5 Å². The van der Waals surface area contributed by atoms with E-state index in [2.05, 4.69) is 20.0 Å². The van der Waals surface area contributed by atoms with Crippen molar-refractivity contribution in [2.45, 2.75) is 32.9 Å². The van der Waals surface area contributed by atoms with Crippen LogP contribution in [-0.2, 0) is 17.4 Å². The van der Waals surface area contributed by atoms with Crippen LogP contribution in [0.15, 0.2) is 0 Å². The van der Waals surface area contributed by atoms with Gasteiger partial charge in [-0.05, 0) is 25.8 Å². The number of hydrogen-bond donors (Lipinski definition) is 1. The van der Waals surface area contributed by atoms with Gasteiger partial charge in [-0.2, -0.15) is 18.2 Å². The quantitative estimate of drug-likeness (QED) is 0.800. The number of carbonyl (C=O) groups excluding carboxylic acids is 1. The first kappa shape index (κ1) is 20.5. The Balaban J connectivity index is 1.70. The van der Waals surface area contributed by atoms with Crippen LogP contribution in [0.2, 0.25) is 0 Å². The number of β-amino-alcohol motifs (C(OH)–C–C–N with tert-alkyl or cyclic N) is 1. The lowest BCUT2D eigenvalue weighted by molar-refractivity contribution is -0.144. The van der Waals surface area contributed by atoms with Gasteiger partial charge in [-0.3, -0.25) is 9.69 Å². The van der Waals surface area contributed by atoms with Crippen molar-refractivity contribution in [1.29, 1.82) is 0 Å². The van der Waals surface area contributed by atoms with E-state index < -0.39 is 12.0 Å². The number of aliphatic hydroxyl groups is 1. The van der Waals surface area contributed by atoms with Crippen molar-refractivity contribution in [3.63, 3.8) is 0 Å². The topological polar surface area (TPSA) is 86.9 Å². The van der Waals surface area contributed by atoms with Crippen molar-refractivity contribution in [1.82, 2.24) is 29.4 Å². The zero-order valence-corrected chi connectivity index (χ0v) is 15.8. The maximum Gasteiger partial charge on any atom is 0.453 e. The zero-order valence-electron chi connectivity index (χ0n) is 15.8. The zero-order chi connectivity index (χ0) is 20.5. The second-order valence-corrected chi connectivity index (χ2v) is 6.85. The van der Waals surface area contributed by atoms with E-state index in [1.807, 2.05) is 0 Å². The lowest BCUT2D eigenvalue weighted by Gasteiger charge is -2.34. The van der Waals surface area contributed by atoms with E-state index in [1.165, 1.54) is 0 Å². The van der Waals surface area contributed by atoms with Gasteiger partial charge in [0.25, 0.3) is 11.6 Å². The third kappa shape index (κ3) is 4.25. The fourth-order valence-corrected chi connectivity index (χ4v) is 3.44. The van der Waals surface area contributed by atoms with E-state index in [9.17, 15) is 18.0 Å². The minimum absolute atomic E-state index is 0.00267. The first-order valence-electron chi connectivity index (χ1n) is 9.11. The third-order valence-electron chi connectivity index (χ3n) is 5.03. The van der Waals surface area contributed by atoms with Gasteiger partial charge in [0.2, 0.25) is 5.91 Å².